The summed E-state index contributed by atoms with van der Waals surface area (Å²) in [5.41, 5.74) is 14.4. The number of benzene rings is 1. The third-order valence-corrected chi connectivity index (χ3v) is 2.13. The second-order valence-electron chi connectivity index (χ2n) is 3.02. The van der Waals surface area contributed by atoms with Crippen LogP contribution in [0.1, 0.15) is 11.3 Å². The molecule has 4 heteroatoms. The van der Waals surface area contributed by atoms with Gasteiger partial charge in [-0.1, -0.05) is 5.16 Å². The van der Waals surface area contributed by atoms with Gasteiger partial charge in [0.2, 0.25) is 0 Å². The van der Waals surface area contributed by atoms with Gasteiger partial charge in [0.15, 0.2) is 5.58 Å². The molecule has 0 fully saturated rings. The molecule has 0 atom stereocenters. The standard InChI is InChI=1S/C9H11N3O/c1-5-7-2-6(4-10)8(11)3-9(7)13-12-5/h2-3H,4,10-11H2,1H3. The lowest BCUT2D eigenvalue weighted by Gasteiger charge is -2.01. The zero-order valence-corrected chi connectivity index (χ0v) is 7.37. The van der Waals surface area contributed by atoms with Crippen LogP contribution < -0.4 is 11.5 Å². The van der Waals surface area contributed by atoms with E-state index in [1.165, 1.54) is 0 Å². The normalized spacial score (nSPS) is 10.9. The van der Waals surface area contributed by atoms with Crippen LogP contribution in [0.3, 0.4) is 0 Å². The lowest BCUT2D eigenvalue weighted by Crippen LogP contribution is -2.00. The fourth-order valence-corrected chi connectivity index (χ4v) is 1.34. The van der Waals surface area contributed by atoms with E-state index in [1.807, 2.05) is 13.0 Å². The molecule has 0 aliphatic carbocycles. The van der Waals surface area contributed by atoms with Crippen molar-refractivity contribution >= 4 is 16.7 Å². The second-order valence-corrected chi connectivity index (χ2v) is 3.02. The Kier molecular flexibility index (Phi) is 1.70. The first-order valence-electron chi connectivity index (χ1n) is 4.07. The van der Waals surface area contributed by atoms with E-state index in [9.17, 15) is 0 Å². The summed E-state index contributed by atoms with van der Waals surface area (Å²) in [6.07, 6.45) is 0. The molecule has 4 N–H and O–H groups in total. The molecule has 1 aromatic heterocycles. The molecule has 0 saturated carbocycles. The first kappa shape index (κ1) is 8.07. The summed E-state index contributed by atoms with van der Waals surface area (Å²) in [4.78, 5) is 0. The molecule has 4 nitrogen and oxygen atoms in total. The van der Waals surface area contributed by atoms with Crippen molar-refractivity contribution in [2.45, 2.75) is 13.5 Å². The molecule has 0 radical (unpaired) electrons. The van der Waals surface area contributed by atoms with E-state index < -0.39 is 0 Å². The minimum atomic E-state index is 0.437. The van der Waals surface area contributed by atoms with Crippen LogP contribution in [0.25, 0.3) is 11.0 Å². The van der Waals surface area contributed by atoms with Crippen LogP contribution in [0.15, 0.2) is 16.7 Å². The molecule has 1 aromatic carbocycles. The van der Waals surface area contributed by atoms with E-state index in [0.29, 0.717) is 17.8 Å². The maximum absolute atomic E-state index is 5.74. The number of hydrogen-bond donors (Lipinski definition) is 2. The van der Waals surface area contributed by atoms with Gasteiger partial charge in [0.1, 0.15) is 0 Å². The third-order valence-electron chi connectivity index (χ3n) is 2.13. The van der Waals surface area contributed by atoms with Crippen LogP contribution >= 0.6 is 0 Å². The summed E-state index contributed by atoms with van der Waals surface area (Å²) in [5, 5.41) is 4.82. The van der Waals surface area contributed by atoms with Crippen molar-refractivity contribution in [1.82, 2.24) is 5.16 Å². The molecule has 0 aliphatic heterocycles. The Morgan fingerprint density at radius 2 is 2.23 bits per heavy atom. The van der Waals surface area contributed by atoms with Crippen LogP contribution in [0.2, 0.25) is 0 Å². The largest absolute Gasteiger partial charge is 0.398 e. The second kappa shape index (κ2) is 2.74. The Labute approximate surface area is 75.5 Å². The first-order chi connectivity index (χ1) is 6.22. The van der Waals surface area contributed by atoms with Gasteiger partial charge in [0.05, 0.1) is 5.69 Å². The maximum Gasteiger partial charge on any atom is 0.169 e. The average molecular weight is 177 g/mol. The van der Waals surface area contributed by atoms with Crippen molar-refractivity contribution in [3.63, 3.8) is 0 Å². The Morgan fingerprint density at radius 3 is 2.92 bits per heavy atom. The number of nitrogens with zero attached hydrogens (tertiary/aromatic N) is 1. The molecule has 0 bridgehead atoms. The van der Waals surface area contributed by atoms with Gasteiger partial charge in [-0.2, -0.15) is 0 Å². The lowest BCUT2D eigenvalue weighted by atomic mass is 10.1. The van der Waals surface area contributed by atoms with Gasteiger partial charge < -0.3 is 16.0 Å². The molecular formula is C9H11N3O. The predicted molar refractivity (Wildman–Crippen MR) is 51.0 cm³/mol. The molecule has 0 unspecified atom stereocenters. The zero-order valence-electron chi connectivity index (χ0n) is 7.37. The number of aromatic nitrogens is 1. The van der Waals surface area contributed by atoms with Gasteiger partial charge >= 0.3 is 0 Å². The first-order valence-corrected chi connectivity index (χ1v) is 4.07. The molecule has 2 aromatic rings. The highest BCUT2D eigenvalue weighted by Gasteiger charge is 2.07. The van der Waals surface area contributed by atoms with E-state index in [4.69, 9.17) is 16.0 Å². The fraction of sp³-hybridized carbons (Fsp3) is 0.222. The highest BCUT2D eigenvalue weighted by atomic mass is 16.5. The summed E-state index contributed by atoms with van der Waals surface area (Å²) < 4.78 is 5.06. The molecule has 13 heavy (non-hydrogen) atoms. The number of fused-ring (bicyclic) bond motifs is 1. The molecular weight excluding hydrogens is 166 g/mol. The molecule has 0 amide bonds. The van der Waals surface area contributed by atoms with E-state index >= 15 is 0 Å². The number of hydrogen-bond acceptors (Lipinski definition) is 4. The Morgan fingerprint density at radius 1 is 1.46 bits per heavy atom. The monoisotopic (exact) mass is 177 g/mol. The van der Waals surface area contributed by atoms with Crippen molar-refractivity contribution in [3.8, 4) is 0 Å². The average Bonchev–Trinajstić information content (AvgIpc) is 2.46. The summed E-state index contributed by atoms with van der Waals surface area (Å²) >= 11 is 0. The number of anilines is 1. The summed E-state index contributed by atoms with van der Waals surface area (Å²) in [7, 11) is 0. The quantitative estimate of drug-likeness (QED) is 0.641. The minimum Gasteiger partial charge on any atom is -0.398 e. The van der Waals surface area contributed by atoms with Crippen molar-refractivity contribution in [3.05, 3.63) is 23.4 Å². The van der Waals surface area contributed by atoms with Crippen molar-refractivity contribution in [2.75, 3.05) is 5.73 Å². The molecule has 0 saturated heterocycles. The van der Waals surface area contributed by atoms with Crippen LogP contribution in [0.4, 0.5) is 5.69 Å². The van der Waals surface area contributed by atoms with E-state index in [2.05, 4.69) is 5.16 Å². The molecule has 0 spiro atoms. The molecule has 1 heterocycles. The number of nitrogen functional groups attached to an aromatic ring is 1. The SMILES string of the molecule is Cc1noc2cc(N)c(CN)cc12. The maximum atomic E-state index is 5.74. The number of aryl methyl sites for hydroxylation is 1. The Hall–Kier alpha value is -1.55. The minimum absolute atomic E-state index is 0.437. The van der Waals surface area contributed by atoms with Gasteiger partial charge in [0.25, 0.3) is 0 Å². The molecule has 68 valence electrons. The van der Waals surface area contributed by atoms with Crippen LogP contribution in [-0.2, 0) is 6.54 Å². The van der Waals surface area contributed by atoms with Crippen LogP contribution in [0.5, 0.6) is 0 Å². The number of nitrogens with two attached hydrogens (primary N) is 2. The topological polar surface area (TPSA) is 78.1 Å². The summed E-state index contributed by atoms with van der Waals surface area (Å²) in [5.74, 6) is 0. The molecule has 2 rings (SSSR count). The van der Waals surface area contributed by atoms with E-state index in [1.54, 1.807) is 6.07 Å². The lowest BCUT2D eigenvalue weighted by molar-refractivity contribution is 0.450. The van der Waals surface area contributed by atoms with Crippen molar-refractivity contribution < 1.29 is 4.52 Å². The highest BCUT2D eigenvalue weighted by Crippen LogP contribution is 2.23. The Bertz CT molecular complexity index is 447. The Balaban J connectivity index is 2.77. The van der Waals surface area contributed by atoms with Gasteiger partial charge in [-0.05, 0) is 18.6 Å². The van der Waals surface area contributed by atoms with Crippen LogP contribution in [0, 0.1) is 6.92 Å². The predicted octanol–water partition coefficient (Wildman–Crippen LogP) is 1.18. The van der Waals surface area contributed by atoms with E-state index in [0.717, 1.165) is 16.6 Å². The third kappa shape index (κ3) is 1.15. The van der Waals surface area contributed by atoms with Gasteiger partial charge in [-0.25, -0.2) is 0 Å². The smallest absolute Gasteiger partial charge is 0.169 e. The van der Waals surface area contributed by atoms with Gasteiger partial charge in [-0.3, -0.25) is 0 Å². The molecule has 0 aliphatic rings. The van der Waals surface area contributed by atoms with Gasteiger partial charge in [0, 0.05) is 23.7 Å². The van der Waals surface area contributed by atoms with Gasteiger partial charge in [-0.15, -0.1) is 0 Å². The summed E-state index contributed by atoms with van der Waals surface area (Å²) in [6.45, 7) is 2.33. The van der Waals surface area contributed by atoms with E-state index in [-0.39, 0.29) is 0 Å². The highest BCUT2D eigenvalue weighted by molar-refractivity contribution is 5.83. The summed E-state index contributed by atoms with van der Waals surface area (Å²) in [6, 6.07) is 3.69. The fourth-order valence-electron chi connectivity index (χ4n) is 1.34. The van der Waals surface area contributed by atoms with Crippen molar-refractivity contribution in [1.29, 1.82) is 0 Å². The van der Waals surface area contributed by atoms with Crippen molar-refractivity contribution in [2.24, 2.45) is 5.73 Å². The zero-order chi connectivity index (χ0) is 9.42. The number of rotatable bonds is 1. The van der Waals surface area contributed by atoms with Crippen LogP contribution in [-0.4, -0.2) is 5.16 Å².